The van der Waals surface area contributed by atoms with E-state index in [4.69, 9.17) is 0 Å². The predicted molar refractivity (Wildman–Crippen MR) is 86.0 cm³/mol. The van der Waals surface area contributed by atoms with Crippen molar-refractivity contribution in [3.05, 3.63) is 72.7 Å². The van der Waals surface area contributed by atoms with Crippen molar-refractivity contribution in [3.63, 3.8) is 0 Å². The molecule has 0 radical (unpaired) electrons. The zero-order chi connectivity index (χ0) is 12.4. The molecule has 2 heteroatoms. The molecule has 0 unspecified atom stereocenters. The minimum absolute atomic E-state index is 0.320. The molecule has 0 amide bonds. The Bertz CT molecular complexity index is 312. The summed E-state index contributed by atoms with van der Waals surface area (Å²) in [6.45, 7) is 11.5. The first-order valence-corrected chi connectivity index (χ1v) is 6.50. The summed E-state index contributed by atoms with van der Waals surface area (Å²) in [5, 5.41) is 0. The minimum Gasteiger partial charge on any atom is -0.136 e. The molecular weight excluding hydrogens is 306 g/mol. The van der Waals surface area contributed by atoms with Gasteiger partial charge in [-0.2, -0.15) is 0 Å². The summed E-state index contributed by atoms with van der Waals surface area (Å²) in [7, 11) is 0. The van der Waals surface area contributed by atoms with Gasteiger partial charge in [0.25, 0.3) is 4.57 Å². The lowest BCUT2D eigenvalue weighted by molar-refractivity contribution is 1.67. The van der Waals surface area contributed by atoms with Gasteiger partial charge in [0.05, 0.1) is 0 Å². The van der Waals surface area contributed by atoms with Gasteiger partial charge in [-0.3, -0.25) is 0 Å². The van der Waals surface area contributed by atoms with Crippen LogP contribution in [0.3, 0.4) is 0 Å². The van der Waals surface area contributed by atoms with E-state index < -0.39 is 0 Å². The zero-order valence-corrected chi connectivity index (χ0v) is 12.1. The minimum atomic E-state index is 0.320. The largest absolute Gasteiger partial charge is 0.282 e. The van der Waals surface area contributed by atoms with Crippen LogP contribution in [0.15, 0.2) is 72.7 Å². The van der Waals surface area contributed by atoms with Crippen LogP contribution in [0.5, 0.6) is 0 Å². The zero-order valence-electron chi connectivity index (χ0n) is 9.99. The lowest BCUT2D eigenvalue weighted by Gasteiger charge is -2.08. The van der Waals surface area contributed by atoms with E-state index in [9.17, 15) is 0 Å². The smallest absolute Gasteiger partial charge is 0.136 e. The van der Waals surface area contributed by atoms with Gasteiger partial charge in [0.1, 0.15) is 0 Å². The standard InChI is InChI=1S/C14H18BI/c1-5-9-13(10-6-2)15(16)14(11-7-3)12-8-4/h5-12H,1,3H2,2,4H3/b10-6-,12-8-,13-9+,14-11+. The van der Waals surface area contributed by atoms with Crippen molar-refractivity contribution in [3.8, 4) is 0 Å². The molecule has 0 saturated carbocycles. The molecule has 0 aromatic heterocycles. The van der Waals surface area contributed by atoms with Crippen LogP contribution in [0.25, 0.3) is 0 Å². The Hall–Kier alpha value is -0.765. The molecule has 0 aromatic carbocycles. The number of hydrogen-bond acceptors (Lipinski definition) is 0. The number of allylic oxidation sites excluding steroid dienone is 10. The molecule has 0 aliphatic carbocycles. The molecule has 0 aromatic rings. The van der Waals surface area contributed by atoms with Gasteiger partial charge in [-0.15, -0.1) is 22.4 Å². The van der Waals surface area contributed by atoms with E-state index in [2.05, 4.69) is 47.7 Å². The first kappa shape index (κ1) is 15.2. The summed E-state index contributed by atoms with van der Waals surface area (Å²) in [4.78, 5) is 0. The topological polar surface area (TPSA) is 0 Å². The highest BCUT2D eigenvalue weighted by molar-refractivity contribution is 14.1. The molecule has 84 valence electrons. The third kappa shape index (κ3) is 5.35. The Balaban J connectivity index is 5.17. The molecule has 0 atom stereocenters. The monoisotopic (exact) mass is 324 g/mol. The molecule has 0 spiro atoms. The van der Waals surface area contributed by atoms with Crippen molar-refractivity contribution in [2.45, 2.75) is 13.8 Å². The lowest BCUT2D eigenvalue weighted by atomic mass is 9.61. The van der Waals surface area contributed by atoms with Crippen molar-refractivity contribution in [2.24, 2.45) is 0 Å². The molecule has 0 saturated heterocycles. The van der Waals surface area contributed by atoms with Crippen molar-refractivity contribution < 1.29 is 0 Å². The Morgan fingerprint density at radius 1 is 0.938 bits per heavy atom. The Morgan fingerprint density at radius 3 is 1.56 bits per heavy atom. The Morgan fingerprint density at radius 2 is 1.31 bits per heavy atom. The van der Waals surface area contributed by atoms with Gasteiger partial charge >= 0.3 is 0 Å². The van der Waals surface area contributed by atoms with Crippen LogP contribution >= 0.6 is 22.4 Å². The van der Waals surface area contributed by atoms with Crippen molar-refractivity contribution in [1.82, 2.24) is 0 Å². The van der Waals surface area contributed by atoms with Crippen molar-refractivity contribution >= 4 is 26.9 Å². The summed E-state index contributed by atoms with van der Waals surface area (Å²) < 4.78 is 0.320. The molecule has 0 N–H and O–H groups in total. The van der Waals surface area contributed by atoms with E-state index in [1.807, 2.05) is 50.3 Å². The molecule has 0 rings (SSSR count). The predicted octanol–water partition coefficient (Wildman–Crippen LogP) is 4.87. The van der Waals surface area contributed by atoms with E-state index in [0.717, 1.165) is 0 Å². The maximum atomic E-state index is 3.75. The SMILES string of the molecule is C=C/C=C(\C=C/C)B(I)C(/C=C\C)=C/C=C. The molecule has 0 aliphatic heterocycles. The molecule has 0 bridgehead atoms. The van der Waals surface area contributed by atoms with E-state index in [1.54, 1.807) is 0 Å². The van der Waals surface area contributed by atoms with Crippen LogP contribution in [0.1, 0.15) is 13.8 Å². The summed E-state index contributed by atoms with van der Waals surface area (Å²) >= 11 is 2.42. The summed E-state index contributed by atoms with van der Waals surface area (Å²) in [6.07, 6.45) is 16.0. The summed E-state index contributed by atoms with van der Waals surface area (Å²) in [5.74, 6) is 0. The fourth-order valence-electron chi connectivity index (χ4n) is 1.30. The Labute approximate surface area is 113 Å². The van der Waals surface area contributed by atoms with E-state index in [1.165, 1.54) is 10.9 Å². The van der Waals surface area contributed by atoms with Gasteiger partial charge in [0.2, 0.25) is 0 Å². The second kappa shape index (κ2) is 9.46. The molecule has 16 heavy (non-hydrogen) atoms. The van der Waals surface area contributed by atoms with Crippen LogP contribution in [-0.4, -0.2) is 4.57 Å². The third-order valence-corrected chi connectivity index (χ3v) is 3.36. The highest BCUT2D eigenvalue weighted by Gasteiger charge is 2.15. The van der Waals surface area contributed by atoms with Crippen molar-refractivity contribution in [1.29, 1.82) is 0 Å². The average molecular weight is 324 g/mol. The van der Waals surface area contributed by atoms with Crippen LogP contribution < -0.4 is 0 Å². The van der Waals surface area contributed by atoms with E-state index >= 15 is 0 Å². The van der Waals surface area contributed by atoms with Gasteiger partial charge < -0.3 is 0 Å². The van der Waals surface area contributed by atoms with Crippen molar-refractivity contribution in [2.75, 3.05) is 0 Å². The quantitative estimate of drug-likeness (QED) is 0.372. The average Bonchev–Trinajstić information content (AvgIpc) is 2.27. The maximum absolute atomic E-state index is 3.75. The molecule has 0 heterocycles. The Kier molecular flexibility index (Phi) is 9.01. The van der Waals surface area contributed by atoms with Gasteiger partial charge in [-0.25, -0.2) is 0 Å². The van der Waals surface area contributed by atoms with Gasteiger partial charge in [-0.05, 0) is 13.8 Å². The highest BCUT2D eigenvalue weighted by Crippen LogP contribution is 2.20. The second-order valence-electron chi connectivity index (χ2n) is 3.17. The molecule has 0 nitrogen and oxygen atoms in total. The van der Waals surface area contributed by atoms with Gasteiger partial charge in [0.15, 0.2) is 0 Å². The second-order valence-corrected chi connectivity index (χ2v) is 4.41. The molecular formula is C14H18BI. The number of hydrogen-bond donors (Lipinski definition) is 0. The third-order valence-electron chi connectivity index (χ3n) is 1.92. The first-order valence-electron chi connectivity index (χ1n) is 5.25. The molecule has 0 aliphatic rings. The first-order chi connectivity index (χ1) is 7.71. The highest BCUT2D eigenvalue weighted by atomic mass is 127. The normalized spacial score (nSPS) is 13.4. The number of halogens is 1. The fraction of sp³-hybridized carbons (Fsp3) is 0.143. The van der Waals surface area contributed by atoms with Gasteiger partial charge in [0, 0.05) is 0 Å². The number of rotatable bonds is 6. The van der Waals surface area contributed by atoms with Crippen LogP contribution in [0.2, 0.25) is 0 Å². The van der Waals surface area contributed by atoms with E-state index in [0.29, 0.717) is 4.57 Å². The van der Waals surface area contributed by atoms with Crippen LogP contribution in [0, 0.1) is 0 Å². The lowest BCUT2D eigenvalue weighted by Crippen LogP contribution is -2.09. The van der Waals surface area contributed by atoms with Crippen LogP contribution in [0.4, 0.5) is 0 Å². The summed E-state index contributed by atoms with van der Waals surface area (Å²) in [5.41, 5.74) is 2.48. The van der Waals surface area contributed by atoms with E-state index in [-0.39, 0.29) is 0 Å². The molecule has 0 fully saturated rings. The fourth-order valence-corrected chi connectivity index (χ4v) is 2.13. The summed E-state index contributed by atoms with van der Waals surface area (Å²) in [6, 6.07) is 0. The van der Waals surface area contributed by atoms with Crippen LogP contribution in [-0.2, 0) is 0 Å². The van der Waals surface area contributed by atoms with Gasteiger partial charge in [-0.1, -0.05) is 72.7 Å². The maximum Gasteiger partial charge on any atom is 0.282 e.